The number of aliphatic hydroxyl groups excluding tert-OH is 1. The molecule has 3 unspecified atom stereocenters. The van der Waals surface area contributed by atoms with Gasteiger partial charge in [0.25, 0.3) is 0 Å². The molecule has 0 bridgehead atoms. The predicted molar refractivity (Wildman–Crippen MR) is 61.8 cm³/mol. The summed E-state index contributed by atoms with van der Waals surface area (Å²) in [6.45, 7) is 4.19. The van der Waals surface area contributed by atoms with Crippen LogP contribution in [0.3, 0.4) is 0 Å². The molecule has 1 rings (SSSR count). The Labute approximate surface area is 91.5 Å². The van der Waals surface area contributed by atoms with Crippen LogP contribution in [0.4, 0.5) is 0 Å². The lowest BCUT2D eigenvalue weighted by atomic mass is 10.3. The van der Waals surface area contributed by atoms with Gasteiger partial charge in [0.05, 0.1) is 12.6 Å². The normalized spacial score (nSPS) is 30.0. The number of alkyl halides is 1. The first-order valence-corrected chi connectivity index (χ1v) is 6.35. The van der Waals surface area contributed by atoms with E-state index in [0.717, 1.165) is 10.5 Å². The van der Waals surface area contributed by atoms with Crippen molar-refractivity contribution < 1.29 is 5.11 Å². The second kappa shape index (κ2) is 5.22. The maximum atomic E-state index is 8.85. The fourth-order valence-corrected chi connectivity index (χ4v) is 3.07. The van der Waals surface area contributed by atoms with E-state index in [-0.39, 0.29) is 12.6 Å². The minimum Gasteiger partial charge on any atom is -0.394 e. The van der Waals surface area contributed by atoms with Crippen LogP contribution >= 0.6 is 27.7 Å². The molecule has 0 saturated carbocycles. The van der Waals surface area contributed by atoms with E-state index in [1.54, 1.807) is 11.8 Å². The molecular formula is C8H15BrN2OS. The number of aliphatic imine (C=N–C) groups is 1. The van der Waals surface area contributed by atoms with Crippen LogP contribution < -0.4 is 5.32 Å². The number of hydrogen-bond donors (Lipinski definition) is 2. The van der Waals surface area contributed by atoms with E-state index in [9.17, 15) is 0 Å². The molecule has 0 aromatic carbocycles. The quantitative estimate of drug-likeness (QED) is 0.755. The zero-order chi connectivity index (χ0) is 9.84. The molecule has 0 aromatic rings. The lowest BCUT2D eigenvalue weighted by Crippen LogP contribution is -2.32. The Morgan fingerprint density at radius 3 is 2.92 bits per heavy atom. The van der Waals surface area contributed by atoms with E-state index in [2.05, 4.69) is 33.2 Å². The number of rotatable bonds is 3. The molecule has 0 radical (unpaired) electrons. The molecule has 0 spiro atoms. The summed E-state index contributed by atoms with van der Waals surface area (Å²) in [4.78, 5) is 4.46. The van der Waals surface area contributed by atoms with Crippen LogP contribution in [0.2, 0.25) is 0 Å². The average Bonchev–Trinajstić information content (AvgIpc) is 2.46. The highest BCUT2D eigenvalue weighted by atomic mass is 79.9. The average molecular weight is 267 g/mol. The standard InChI is InChI=1S/C8H15BrN2OS/c1-5(4-12)10-8-11-6(2)7(3-9)13-8/h5-7,12H,3-4H2,1-2H3,(H,10,11). The molecule has 0 saturated heterocycles. The monoisotopic (exact) mass is 266 g/mol. The molecule has 1 aliphatic rings. The van der Waals surface area contributed by atoms with Gasteiger partial charge >= 0.3 is 0 Å². The van der Waals surface area contributed by atoms with Crippen molar-refractivity contribution in [2.45, 2.75) is 31.2 Å². The van der Waals surface area contributed by atoms with Crippen molar-refractivity contribution in [1.82, 2.24) is 5.32 Å². The van der Waals surface area contributed by atoms with Crippen molar-refractivity contribution in [1.29, 1.82) is 0 Å². The summed E-state index contributed by atoms with van der Waals surface area (Å²) < 4.78 is 0. The fraction of sp³-hybridized carbons (Fsp3) is 0.875. The number of nitrogens with one attached hydrogen (secondary N) is 1. The van der Waals surface area contributed by atoms with Gasteiger partial charge < -0.3 is 10.4 Å². The Kier molecular flexibility index (Phi) is 4.55. The molecule has 1 heterocycles. The number of aliphatic hydroxyl groups is 1. The van der Waals surface area contributed by atoms with E-state index in [1.807, 2.05) is 6.92 Å². The minimum atomic E-state index is 0.0903. The van der Waals surface area contributed by atoms with E-state index in [1.165, 1.54) is 0 Å². The molecule has 2 N–H and O–H groups in total. The summed E-state index contributed by atoms with van der Waals surface area (Å²) in [6, 6.07) is 0.449. The molecule has 13 heavy (non-hydrogen) atoms. The molecular weight excluding hydrogens is 252 g/mol. The third-order valence-corrected chi connectivity index (χ3v) is 4.35. The molecule has 1 aliphatic heterocycles. The van der Waals surface area contributed by atoms with E-state index < -0.39 is 0 Å². The van der Waals surface area contributed by atoms with Crippen LogP contribution in [0.25, 0.3) is 0 Å². The summed E-state index contributed by atoms with van der Waals surface area (Å²) in [5.41, 5.74) is 0. The first-order valence-electron chi connectivity index (χ1n) is 4.35. The fourth-order valence-electron chi connectivity index (χ4n) is 1.03. The van der Waals surface area contributed by atoms with Crippen molar-refractivity contribution in [3.05, 3.63) is 0 Å². The Balaban J connectivity index is 2.41. The smallest absolute Gasteiger partial charge is 0.157 e. The molecule has 3 nitrogen and oxygen atoms in total. The van der Waals surface area contributed by atoms with Gasteiger partial charge in [-0.3, -0.25) is 4.99 Å². The van der Waals surface area contributed by atoms with Crippen molar-refractivity contribution in [3.63, 3.8) is 0 Å². The highest BCUT2D eigenvalue weighted by Crippen LogP contribution is 2.27. The highest BCUT2D eigenvalue weighted by molar-refractivity contribution is 9.09. The number of amidine groups is 1. The first kappa shape index (κ1) is 11.3. The van der Waals surface area contributed by atoms with E-state index in [4.69, 9.17) is 5.11 Å². The predicted octanol–water partition coefficient (Wildman–Crippen LogP) is 1.21. The second-order valence-electron chi connectivity index (χ2n) is 3.21. The van der Waals surface area contributed by atoms with Crippen LogP contribution in [-0.2, 0) is 0 Å². The van der Waals surface area contributed by atoms with Gasteiger partial charge in [0.15, 0.2) is 5.17 Å². The molecule has 0 fully saturated rings. The van der Waals surface area contributed by atoms with Crippen molar-refractivity contribution >= 4 is 32.9 Å². The number of thioether (sulfide) groups is 1. The van der Waals surface area contributed by atoms with Crippen LogP contribution in [-0.4, -0.2) is 39.5 Å². The summed E-state index contributed by atoms with van der Waals surface area (Å²) in [5, 5.41) is 14.5. The topological polar surface area (TPSA) is 44.6 Å². The molecule has 0 aliphatic carbocycles. The maximum Gasteiger partial charge on any atom is 0.157 e. The second-order valence-corrected chi connectivity index (χ2v) is 5.09. The molecule has 76 valence electrons. The van der Waals surface area contributed by atoms with Gasteiger partial charge in [-0.05, 0) is 13.8 Å². The van der Waals surface area contributed by atoms with Crippen LogP contribution in [0.1, 0.15) is 13.8 Å². The zero-order valence-corrected chi connectivity index (χ0v) is 10.2. The Bertz CT molecular complexity index is 201. The van der Waals surface area contributed by atoms with Gasteiger partial charge in [-0.2, -0.15) is 0 Å². The van der Waals surface area contributed by atoms with Crippen LogP contribution in [0.5, 0.6) is 0 Å². The molecule has 0 aromatic heterocycles. The largest absolute Gasteiger partial charge is 0.394 e. The van der Waals surface area contributed by atoms with Crippen molar-refractivity contribution in [3.8, 4) is 0 Å². The van der Waals surface area contributed by atoms with E-state index >= 15 is 0 Å². The Hall–Kier alpha value is 0.260. The van der Waals surface area contributed by atoms with Crippen LogP contribution in [0.15, 0.2) is 4.99 Å². The lowest BCUT2D eigenvalue weighted by molar-refractivity contribution is 0.264. The third kappa shape index (κ3) is 3.14. The number of hydrogen-bond acceptors (Lipinski definition) is 4. The maximum absolute atomic E-state index is 8.85. The first-order chi connectivity index (χ1) is 6.17. The number of nitrogens with zero attached hydrogens (tertiary/aromatic N) is 1. The van der Waals surface area contributed by atoms with Gasteiger partial charge in [0.2, 0.25) is 0 Å². The molecule has 3 atom stereocenters. The lowest BCUT2D eigenvalue weighted by Gasteiger charge is -2.11. The third-order valence-electron chi connectivity index (χ3n) is 1.92. The highest BCUT2D eigenvalue weighted by Gasteiger charge is 2.26. The molecule has 0 amide bonds. The minimum absolute atomic E-state index is 0.0903. The van der Waals surface area contributed by atoms with Gasteiger partial charge in [-0.15, -0.1) is 0 Å². The van der Waals surface area contributed by atoms with Crippen molar-refractivity contribution in [2.24, 2.45) is 4.99 Å². The van der Waals surface area contributed by atoms with E-state index in [0.29, 0.717) is 11.3 Å². The van der Waals surface area contributed by atoms with Gasteiger partial charge in [0.1, 0.15) is 0 Å². The van der Waals surface area contributed by atoms with Gasteiger partial charge in [-0.1, -0.05) is 27.7 Å². The molecule has 5 heteroatoms. The summed E-state index contributed by atoms with van der Waals surface area (Å²) in [6.07, 6.45) is 0. The Morgan fingerprint density at radius 1 is 1.77 bits per heavy atom. The Morgan fingerprint density at radius 2 is 2.46 bits per heavy atom. The summed E-state index contributed by atoms with van der Waals surface area (Å²) >= 11 is 5.20. The van der Waals surface area contributed by atoms with Crippen LogP contribution in [0, 0.1) is 0 Å². The van der Waals surface area contributed by atoms with Gasteiger partial charge in [-0.25, -0.2) is 0 Å². The summed E-state index contributed by atoms with van der Waals surface area (Å²) in [7, 11) is 0. The SMILES string of the molecule is CC(CO)NC1=NC(C)C(CBr)S1. The zero-order valence-electron chi connectivity index (χ0n) is 7.83. The van der Waals surface area contributed by atoms with Crippen molar-refractivity contribution in [2.75, 3.05) is 11.9 Å². The summed E-state index contributed by atoms with van der Waals surface area (Å²) in [5.74, 6) is 0. The number of halogens is 1. The van der Waals surface area contributed by atoms with Gasteiger partial charge in [0, 0.05) is 16.6 Å².